The molecule has 4 fully saturated rings. The summed E-state index contributed by atoms with van der Waals surface area (Å²) >= 11 is 0. The number of carbonyl (C=O) groups excluding carboxylic acids is 1. The van der Waals surface area contributed by atoms with Gasteiger partial charge in [0.1, 0.15) is 11.9 Å². The van der Waals surface area contributed by atoms with Crippen LogP contribution in [0.4, 0.5) is 0 Å². The van der Waals surface area contributed by atoms with E-state index < -0.39 is 0 Å². The lowest BCUT2D eigenvalue weighted by Gasteiger charge is -2.63. The smallest absolute Gasteiger partial charge is 0.222 e. The molecule has 34 heavy (non-hydrogen) atoms. The monoisotopic (exact) mass is 462 g/mol. The third-order valence-corrected chi connectivity index (χ3v) is 10.7. The second kappa shape index (κ2) is 7.86. The summed E-state index contributed by atoms with van der Waals surface area (Å²) in [5.74, 6) is 4.90. The van der Waals surface area contributed by atoms with E-state index in [9.17, 15) is 4.79 Å². The van der Waals surface area contributed by atoms with Gasteiger partial charge in [0, 0.05) is 30.5 Å². The lowest BCUT2D eigenvalue weighted by atomic mass is 9.45. The van der Waals surface area contributed by atoms with Gasteiger partial charge in [0.25, 0.3) is 0 Å². The number of aromatic nitrogens is 1. The minimum atomic E-state index is 0.221. The second-order valence-electron chi connectivity index (χ2n) is 12.1. The van der Waals surface area contributed by atoms with Gasteiger partial charge >= 0.3 is 0 Å². The Morgan fingerprint density at radius 1 is 1.06 bits per heavy atom. The van der Waals surface area contributed by atoms with E-state index >= 15 is 0 Å². The largest absolute Gasteiger partial charge is 0.490 e. The first-order valence-electron chi connectivity index (χ1n) is 13.2. The Morgan fingerprint density at radius 3 is 2.56 bits per heavy atom. The second-order valence-corrected chi connectivity index (χ2v) is 12.1. The van der Waals surface area contributed by atoms with Crippen LogP contribution in [0.1, 0.15) is 65.7 Å². The van der Waals surface area contributed by atoms with Crippen molar-refractivity contribution in [2.75, 3.05) is 7.05 Å². The maximum atomic E-state index is 12.5. The Labute approximate surface area is 203 Å². The minimum Gasteiger partial charge on any atom is -0.490 e. The van der Waals surface area contributed by atoms with Crippen molar-refractivity contribution in [1.29, 1.82) is 0 Å². The summed E-state index contributed by atoms with van der Waals surface area (Å²) in [6, 6.07) is 8.68. The van der Waals surface area contributed by atoms with Gasteiger partial charge in [-0.3, -0.25) is 4.79 Å². The highest BCUT2D eigenvalue weighted by molar-refractivity contribution is 5.77. The molecule has 1 saturated heterocycles. The molecule has 0 radical (unpaired) electrons. The zero-order valence-corrected chi connectivity index (χ0v) is 21.0. The highest BCUT2D eigenvalue weighted by Gasteiger charge is 2.63. The van der Waals surface area contributed by atoms with Crippen molar-refractivity contribution in [3.8, 4) is 17.1 Å². The lowest BCUT2D eigenvalue weighted by Crippen LogP contribution is -2.63. The molecule has 182 valence electrons. The molecule has 6 rings (SSSR count). The number of carbonyl (C=O) groups is 1. The van der Waals surface area contributed by atoms with Crippen LogP contribution in [0.2, 0.25) is 0 Å². The zero-order valence-electron chi connectivity index (χ0n) is 21.0. The van der Waals surface area contributed by atoms with Crippen molar-refractivity contribution in [3.05, 3.63) is 36.9 Å². The predicted octanol–water partition coefficient (Wildman–Crippen LogP) is 6.20. The summed E-state index contributed by atoms with van der Waals surface area (Å²) in [6.45, 7) is 7.48. The van der Waals surface area contributed by atoms with Gasteiger partial charge in [0.05, 0.1) is 6.20 Å². The van der Waals surface area contributed by atoms with Crippen LogP contribution in [0.15, 0.2) is 41.3 Å². The van der Waals surface area contributed by atoms with E-state index in [4.69, 9.17) is 9.15 Å². The Bertz CT molecular complexity index is 1050. The molecule has 1 aromatic carbocycles. The Morgan fingerprint density at radius 2 is 1.82 bits per heavy atom. The van der Waals surface area contributed by atoms with E-state index in [0.29, 0.717) is 23.8 Å². The van der Waals surface area contributed by atoms with Crippen molar-refractivity contribution in [2.45, 2.75) is 77.9 Å². The van der Waals surface area contributed by atoms with Crippen LogP contribution in [0, 0.1) is 34.5 Å². The fraction of sp³-hybridized carbons (Fsp3) is 0.655. The quantitative estimate of drug-likeness (QED) is 0.545. The summed E-state index contributed by atoms with van der Waals surface area (Å²) in [5, 5.41) is 0. The number of fused-ring (bicyclic) bond motifs is 5. The van der Waals surface area contributed by atoms with Gasteiger partial charge in [-0.05, 0) is 91.9 Å². The highest BCUT2D eigenvalue weighted by Crippen LogP contribution is 2.66. The van der Waals surface area contributed by atoms with Gasteiger partial charge in [0.2, 0.25) is 5.91 Å². The number of oxazole rings is 1. The highest BCUT2D eigenvalue weighted by atomic mass is 16.5. The predicted molar refractivity (Wildman–Crippen MR) is 131 cm³/mol. The van der Waals surface area contributed by atoms with Crippen molar-refractivity contribution in [2.24, 2.45) is 34.5 Å². The van der Waals surface area contributed by atoms with Gasteiger partial charge in [0.15, 0.2) is 12.2 Å². The maximum absolute atomic E-state index is 12.5. The molecule has 5 heteroatoms. The van der Waals surface area contributed by atoms with Crippen molar-refractivity contribution in [3.63, 3.8) is 0 Å². The first kappa shape index (κ1) is 22.2. The van der Waals surface area contributed by atoms with Crippen LogP contribution in [0.3, 0.4) is 0 Å². The summed E-state index contributed by atoms with van der Waals surface area (Å²) in [4.78, 5) is 18.6. The summed E-state index contributed by atoms with van der Waals surface area (Å²) in [5.41, 5.74) is 1.51. The SMILES string of the molecule is CC1CC2N(C)C(=O)CC[C@]2(C)[C@@H]2CC[C@]3(C)C(Oc4ccc(-c5cnco5)cc4)CC[C@H]3[C@H]12. The molecule has 8 atom stereocenters. The first-order valence-corrected chi connectivity index (χ1v) is 13.2. The lowest BCUT2D eigenvalue weighted by molar-refractivity contribution is -0.168. The van der Waals surface area contributed by atoms with E-state index in [-0.39, 0.29) is 16.9 Å². The molecular formula is C29H38N2O3. The topological polar surface area (TPSA) is 55.6 Å². The van der Waals surface area contributed by atoms with Crippen LogP contribution >= 0.6 is 0 Å². The number of likely N-dealkylation sites (tertiary alicyclic amines) is 1. The molecule has 3 unspecified atom stereocenters. The number of hydrogen-bond donors (Lipinski definition) is 0. The molecule has 1 aliphatic heterocycles. The molecular weight excluding hydrogens is 424 g/mol. The number of nitrogens with zero attached hydrogens (tertiary/aromatic N) is 2. The molecule has 0 bridgehead atoms. The molecule has 2 aromatic rings. The Kier molecular flexibility index (Phi) is 5.13. The maximum Gasteiger partial charge on any atom is 0.222 e. The molecule has 4 aliphatic rings. The van der Waals surface area contributed by atoms with Crippen LogP contribution in [0.5, 0.6) is 5.75 Å². The zero-order chi connectivity index (χ0) is 23.7. The summed E-state index contributed by atoms with van der Waals surface area (Å²) in [7, 11) is 2.05. The van der Waals surface area contributed by atoms with E-state index in [1.807, 2.05) is 0 Å². The van der Waals surface area contributed by atoms with Gasteiger partial charge in [-0.15, -0.1) is 0 Å². The normalized spacial score (nSPS) is 41.5. The molecule has 5 nitrogen and oxygen atoms in total. The van der Waals surface area contributed by atoms with E-state index in [2.05, 4.69) is 62.0 Å². The summed E-state index contributed by atoms with van der Waals surface area (Å²) in [6.07, 6.45) is 11.3. The number of piperidine rings is 1. The number of rotatable bonds is 3. The minimum absolute atomic E-state index is 0.221. The van der Waals surface area contributed by atoms with Crippen molar-refractivity contribution < 1.29 is 13.9 Å². The first-order chi connectivity index (χ1) is 16.3. The standard InChI is InChI=1S/C29H38N2O3/c1-18-15-24-28(2,14-12-26(32)31(24)4)22-11-13-29(3)21(27(18)22)9-10-25(29)34-20-7-5-19(6-8-20)23-16-30-17-33-23/h5-8,16-18,21-22,24-25,27H,9-15H2,1-4H3/t18?,21-,22+,24?,25?,27-,28+,29-/m0/s1. The van der Waals surface area contributed by atoms with Gasteiger partial charge in [-0.1, -0.05) is 20.8 Å². The van der Waals surface area contributed by atoms with Crippen LogP contribution in [-0.2, 0) is 4.79 Å². The molecule has 0 N–H and O–H groups in total. The molecule has 0 spiro atoms. The molecule has 2 heterocycles. The Balaban J connectivity index is 1.22. The number of amides is 1. The van der Waals surface area contributed by atoms with Gasteiger partial charge in [-0.25, -0.2) is 4.98 Å². The number of ether oxygens (including phenoxy) is 1. The fourth-order valence-corrected chi connectivity index (χ4v) is 8.83. The van der Waals surface area contributed by atoms with E-state index in [0.717, 1.165) is 54.6 Å². The van der Waals surface area contributed by atoms with E-state index in [1.54, 1.807) is 6.20 Å². The van der Waals surface area contributed by atoms with Gasteiger partial charge in [-0.2, -0.15) is 0 Å². The van der Waals surface area contributed by atoms with Crippen LogP contribution in [0.25, 0.3) is 11.3 Å². The van der Waals surface area contributed by atoms with Crippen LogP contribution < -0.4 is 4.74 Å². The molecule has 3 aliphatic carbocycles. The fourth-order valence-electron chi connectivity index (χ4n) is 8.83. The third-order valence-electron chi connectivity index (χ3n) is 10.7. The van der Waals surface area contributed by atoms with Crippen molar-refractivity contribution in [1.82, 2.24) is 9.88 Å². The average molecular weight is 463 g/mol. The van der Waals surface area contributed by atoms with Gasteiger partial charge < -0.3 is 14.1 Å². The molecule has 1 amide bonds. The third kappa shape index (κ3) is 3.18. The van der Waals surface area contributed by atoms with E-state index in [1.165, 1.54) is 25.7 Å². The number of hydrogen-bond acceptors (Lipinski definition) is 4. The summed E-state index contributed by atoms with van der Waals surface area (Å²) < 4.78 is 12.1. The number of benzene rings is 1. The Hall–Kier alpha value is -2.30. The van der Waals surface area contributed by atoms with Crippen molar-refractivity contribution >= 4 is 5.91 Å². The van der Waals surface area contributed by atoms with Crippen LogP contribution in [-0.4, -0.2) is 35.0 Å². The molecule has 1 aromatic heterocycles. The molecule has 3 saturated carbocycles. The average Bonchev–Trinajstić information content (AvgIpc) is 3.47.